The Hall–Kier alpha value is -2.82. The molecule has 0 saturated carbocycles. The number of carboxylic acid groups (broad SMARTS) is 1. The minimum atomic E-state index is -1.29. The molecule has 0 aliphatic heterocycles. The third-order valence-corrected chi connectivity index (χ3v) is 3.28. The average molecular weight is 312 g/mol. The van der Waals surface area contributed by atoms with Crippen LogP contribution in [0.2, 0.25) is 0 Å². The number of amides is 1. The van der Waals surface area contributed by atoms with E-state index in [4.69, 9.17) is 4.74 Å². The first-order valence-electron chi connectivity index (χ1n) is 7.30. The number of benzene rings is 2. The lowest BCUT2D eigenvalue weighted by molar-refractivity contribution is -0.255. The number of hydrogen-bond donors (Lipinski definition) is 1. The first kappa shape index (κ1) is 16.5. The Morgan fingerprint density at radius 3 is 2.57 bits per heavy atom. The van der Waals surface area contributed by atoms with Gasteiger partial charge in [-0.2, -0.15) is 0 Å². The molecule has 23 heavy (non-hydrogen) atoms. The van der Waals surface area contributed by atoms with Crippen LogP contribution in [-0.2, 0) is 4.79 Å². The van der Waals surface area contributed by atoms with Gasteiger partial charge in [0.25, 0.3) is 5.91 Å². The van der Waals surface area contributed by atoms with E-state index in [-0.39, 0.29) is 24.0 Å². The van der Waals surface area contributed by atoms with E-state index in [1.54, 1.807) is 6.07 Å². The molecule has 2 aromatic rings. The van der Waals surface area contributed by atoms with Crippen molar-refractivity contribution in [2.45, 2.75) is 19.8 Å². The summed E-state index contributed by atoms with van der Waals surface area (Å²) in [6.07, 6.45) is 0. The molecule has 0 spiro atoms. The second-order valence-corrected chi connectivity index (χ2v) is 5.40. The van der Waals surface area contributed by atoms with Gasteiger partial charge >= 0.3 is 0 Å². The molecule has 1 N–H and O–H groups in total. The van der Waals surface area contributed by atoms with Crippen molar-refractivity contribution >= 4 is 17.6 Å². The molecule has 0 radical (unpaired) electrons. The van der Waals surface area contributed by atoms with E-state index in [1.807, 2.05) is 38.1 Å². The lowest BCUT2D eigenvalue weighted by Gasteiger charge is -2.14. The summed E-state index contributed by atoms with van der Waals surface area (Å²) in [6.45, 7) is 3.95. The van der Waals surface area contributed by atoms with Crippen molar-refractivity contribution in [3.05, 3.63) is 59.7 Å². The molecule has 0 saturated heterocycles. The van der Waals surface area contributed by atoms with Gasteiger partial charge in [-0.3, -0.25) is 4.79 Å². The van der Waals surface area contributed by atoms with Gasteiger partial charge in [-0.1, -0.05) is 44.2 Å². The quantitative estimate of drug-likeness (QED) is 0.887. The van der Waals surface area contributed by atoms with Gasteiger partial charge in [-0.15, -0.1) is 0 Å². The Labute approximate surface area is 134 Å². The minimum Gasteiger partial charge on any atom is -0.545 e. The summed E-state index contributed by atoms with van der Waals surface area (Å²) >= 11 is 0. The number of hydrogen-bond acceptors (Lipinski definition) is 4. The van der Waals surface area contributed by atoms with Gasteiger partial charge in [0.05, 0.1) is 5.97 Å². The fourth-order valence-corrected chi connectivity index (χ4v) is 2.15. The molecule has 5 heteroatoms. The molecule has 0 heterocycles. The predicted octanol–water partition coefficient (Wildman–Crippen LogP) is 2.19. The first-order chi connectivity index (χ1) is 11.0. The topological polar surface area (TPSA) is 78.5 Å². The molecule has 0 aliphatic rings. The van der Waals surface area contributed by atoms with Gasteiger partial charge in [0.1, 0.15) is 5.75 Å². The maximum atomic E-state index is 11.9. The summed E-state index contributed by atoms with van der Waals surface area (Å²) in [5, 5.41) is 13.4. The van der Waals surface area contributed by atoms with Crippen molar-refractivity contribution in [3.8, 4) is 5.75 Å². The molecular weight excluding hydrogens is 294 g/mol. The molecule has 0 aromatic heterocycles. The van der Waals surface area contributed by atoms with E-state index in [9.17, 15) is 14.7 Å². The van der Waals surface area contributed by atoms with Gasteiger partial charge in [0.15, 0.2) is 6.61 Å². The molecule has 0 atom stereocenters. The first-order valence-corrected chi connectivity index (χ1v) is 7.30. The predicted molar refractivity (Wildman–Crippen MR) is 85.4 cm³/mol. The number of carboxylic acids is 1. The molecule has 2 rings (SSSR count). The number of para-hydroxylation sites is 1. The molecule has 120 valence electrons. The Morgan fingerprint density at radius 1 is 1.13 bits per heavy atom. The van der Waals surface area contributed by atoms with Crippen molar-refractivity contribution in [3.63, 3.8) is 0 Å². The summed E-state index contributed by atoms with van der Waals surface area (Å²) < 4.78 is 5.57. The van der Waals surface area contributed by atoms with Crippen LogP contribution < -0.4 is 15.2 Å². The monoisotopic (exact) mass is 312 g/mol. The van der Waals surface area contributed by atoms with Crippen molar-refractivity contribution in [2.75, 3.05) is 11.9 Å². The highest BCUT2D eigenvalue weighted by atomic mass is 16.5. The van der Waals surface area contributed by atoms with Crippen LogP contribution in [0.4, 0.5) is 5.69 Å². The maximum absolute atomic E-state index is 11.9. The summed E-state index contributed by atoms with van der Waals surface area (Å²) in [4.78, 5) is 22.8. The number of anilines is 1. The highest BCUT2D eigenvalue weighted by molar-refractivity contribution is 5.94. The standard InChI is InChI=1S/C18H19NO4/c1-12(2)15-8-3-4-9-16(15)23-11-17(20)19-14-7-5-6-13(10-14)18(21)22/h3-10,12H,11H2,1-2H3,(H,19,20)(H,21,22)/p-1. The van der Waals surface area contributed by atoms with Crippen LogP contribution in [0.3, 0.4) is 0 Å². The fourth-order valence-electron chi connectivity index (χ4n) is 2.15. The smallest absolute Gasteiger partial charge is 0.262 e. The summed E-state index contributed by atoms with van der Waals surface area (Å²) in [6, 6.07) is 13.4. The highest BCUT2D eigenvalue weighted by Gasteiger charge is 2.09. The Bertz CT molecular complexity index is 710. The summed E-state index contributed by atoms with van der Waals surface area (Å²) in [5.41, 5.74) is 1.42. The van der Waals surface area contributed by atoms with E-state index in [2.05, 4.69) is 5.32 Å². The van der Waals surface area contributed by atoms with Crippen molar-refractivity contribution in [1.29, 1.82) is 0 Å². The van der Waals surface area contributed by atoms with Gasteiger partial charge in [-0.25, -0.2) is 0 Å². The number of aromatic carboxylic acids is 1. The summed E-state index contributed by atoms with van der Waals surface area (Å²) in [7, 11) is 0. The molecule has 1 amide bonds. The second-order valence-electron chi connectivity index (χ2n) is 5.40. The van der Waals surface area contributed by atoms with E-state index >= 15 is 0 Å². The number of carbonyl (C=O) groups excluding carboxylic acids is 2. The molecule has 0 aliphatic carbocycles. The van der Waals surface area contributed by atoms with Crippen molar-refractivity contribution in [1.82, 2.24) is 0 Å². The van der Waals surface area contributed by atoms with Gasteiger partial charge in [0, 0.05) is 5.69 Å². The Kier molecular flexibility index (Phi) is 5.36. The molecule has 5 nitrogen and oxygen atoms in total. The molecule has 2 aromatic carbocycles. The zero-order valence-corrected chi connectivity index (χ0v) is 13.0. The van der Waals surface area contributed by atoms with Crippen LogP contribution in [0.1, 0.15) is 35.7 Å². The zero-order chi connectivity index (χ0) is 16.8. The van der Waals surface area contributed by atoms with Gasteiger partial charge < -0.3 is 20.0 Å². The molecule has 0 bridgehead atoms. The van der Waals surface area contributed by atoms with E-state index in [0.717, 1.165) is 5.56 Å². The van der Waals surface area contributed by atoms with Crippen LogP contribution in [-0.4, -0.2) is 18.5 Å². The SMILES string of the molecule is CC(C)c1ccccc1OCC(=O)Nc1cccc(C(=O)[O-])c1. The van der Waals surface area contributed by atoms with Crippen LogP contribution in [0.25, 0.3) is 0 Å². The lowest BCUT2D eigenvalue weighted by atomic mass is 10.0. The molecule has 0 unspecified atom stereocenters. The Balaban J connectivity index is 1.98. The van der Waals surface area contributed by atoms with E-state index in [1.165, 1.54) is 18.2 Å². The zero-order valence-electron chi connectivity index (χ0n) is 13.0. The van der Waals surface area contributed by atoms with Crippen LogP contribution >= 0.6 is 0 Å². The highest BCUT2D eigenvalue weighted by Crippen LogP contribution is 2.25. The molecular formula is C18H18NO4-. The van der Waals surface area contributed by atoms with E-state index in [0.29, 0.717) is 11.4 Å². The lowest BCUT2D eigenvalue weighted by Crippen LogP contribution is -2.23. The minimum absolute atomic E-state index is 0.00821. The number of nitrogens with one attached hydrogen (secondary N) is 1. The van der Waals surface area contributed by atoms with Gasteiger partial charge in [-0.05, 0) is 35.2 Å². The van der Waals surface area contributed by atoms with Crippen molar-refractivity contribution < 1.29 is 19.4 Å². The third-order valence-electron chi connectivity index (χ3n) is 3.28. The normalized spacial score (nSPS) is 10.4. The molecule has 0 fully saturated rings. The number of rotatable bonds is 6. The van der Waals surface area contributed by atoms with Gasteiger partial charge in [0.2, 0.25) is 0 Å². The van der Waals surface area contributed by atoms with Crippen LogP contribution in [0.15, 0.2) is 48.5 Å². The van der Waals surface area contributed by atoms with E-state index < -0.39 is 5.97 Å². The van der Waals surface area contributed by atoms with Crippen LogP contribution in [0.5, 0.6) is 5.75 Å². The Morgan fingerprint density at radius 2 is 1.87 bits per heavy atom. The second kappa shape index (κ2) is 7.45. The number of carbonyl (C=O) groups is 2. The van der Waals surface area contributed by atoms with Crippen LogP contribution in [0, 0.1) is 0 Å². The summed E-state index contributed by atoms with van der Waals surface area (Å²) in [5.74, 6) is -0.697. The third kappa shape index (κ3) is 4.57. The fraction of sp³-hybridized carbons (Fsp3) is 0.222. The maximum Gasteiger partial charge on any atom is 0.262 e. The van der Waals surface area contributed by atoms with Crippen molar-refractivity contribution in [2.24, 2.45) is 0 Å². The average Bonchev–Trinajstić information content (AvgIpc) is 2.53. The number of ether oxygens (including phenoxy) is 1. The largest absolute Gasteiger partial charge is 0.545 e.